The summed E-state index contributed by atoms with van der Waals surface area (Å²) < 4.78 is 6.35. The largest absolute Gasteiger partial charge is 0.462 e. The van der Waals surface area contributed by atoms with Crippen molar-refractivity contribution in [3.63, 3.8) is 0 Å². The molecule has 4 nitrogen and oxygen atoms in total. The zero-order valence-electron chi connectivity index (χ0n) is 31.4. The van der Waals surface area contributed by atoms with E-state index in [0.717, 1.165) is 32.1 Å². The molecule has 0 aromatic carbocycles. The molecule has 0 heterocycles. The van der Waals surface area contributed by atoms with Crippen LogP contribution in [0.3, 0.4) is 0 Å². The second kappa shape index (κ2) is 13.4. The van der Waals surface area contributed by atoms with Gasteiger partial charge in [-0.1, -0.05) is 118 Å². The lowest BCUT2D eigenvalue weighted by molar-refractivity contribution is -0.276. The molecular formula is C42H72O4. The first-order valence-corrected chi connectivity index (χ1v) is 19.8. The lowest BCUT2D eigenvalue weighted by Crippen LogP contribution is -2.70. The molecule has 2 N–H and O–H groups in total. The molecule has 4 saturated carbocycles. The second-order valence-corrected chi connectivity index (χ2v) is 18.8. The third-order valence-corrected chi connectivity index (χ3v) is 16.4. The number of esters is 1. The van der Waals surface area contributed by atoms with Crippen LogP contribution in [0.4, 0.5) is 0 Å². The quantitative estimate of drug-likeness (QED) is 0.134. The molecule has 46 heavy (non-hydrogen) atoms. The van der Waals surface area contributed by atoms with Gasteiger partial charge < -0.3 is 14.9 Å². The minimum atomic E-state index is -0.578. The number of hydrogen-bond donors (Lipinski definition) is 2. The average molecular weight is 641 g/mol. The van der Waals surface area contributed by atoms with Crippen LogP contribution < -0.4 is 0 Å². The van der Waals surface area contributed by atoms with E-state index in [1.807, 2.05) is 6.08 Å². The summed E-state index contributed by atoms with van der Waals surface area (Å²) in [4.78, 5) is 13.1. The van der Waals surface area contributed by atoms with Crippen molar-refractivity contribution in [3.05, 3.63) is 11.6 Å². The zero-order valence-corrected chi connectivity index (χ0v) is 31.4. The molecule has 12 unspecified atom stereocenters. The maximum Gasteiger partial charge on any atom is 0.306 e. The topological polar surface area (TPSA) is 66.8 Å². The molecule has 5 aliphatic rings. The smallest absolute Gasteiger partial charge is 0.306 e. The molecule has 0 saturated heterocycles. The van der Waals surface area contributed by atoms with Gasteiger partial charge in [0, 0.05) is 17.3 Å². The van der Waals surface area contributed by atoms with Crippen LogP contribution in [-0.2, 0) is 9.53 Å². The normalized spacial score (nSPS) is 46.3. The van der Waals surface area contributed by atoms with Gasteiger partial charge in [0.25, 0.3) is 0 Å². The van der Waals surface area contributed by atoms with Gasteiger partial charge in [0.2, 0.25) is 0 Å². The van der Waals surface area contributed by atoms with Gasteiger partial charge in [-0.3, -0.25) is 4.79 Å². The Kier molecular flexibility index (Phi) is 10.6. The number of carbonyl (C=O) groups is 1. The molecule has 0 amide bonds. The molecule has 0 aliphatic heterocycles. The van der Waals surface area contributed by atoms with E-state index < -0.39 is 17.6 Å². The monoisotopic (exact) mass is 641 g/mol. The van der Waals surface area contributed by atoms with E-state index >= 15 is 0 Å². The molecule has 4 heteroatoms. The molecule has 264 valence electrons. The summed E-state index contributed by atoms with van der Waals surface area (Å²) in [5, 5.41) is 23.3. The van der Waals surface area contributed by atoms with Crippen molar-refractivity contribution in [2.24, 2.45) is 56.7 Å². The van der Waals surface area contributed by atoms with E-state index in [1.54, 1.807) is 0 Å². The Morgan fingerprint density at radius 1 is 0.826 bits per heavy atom. The third-order valence-electron chi connectivity index (χ3n) is 16.4. The lowest BCUT2D eigenvalue weighted by atomic mass is 9.31. The first-order valence-electron chi connectivity index (χ1n) is 19.8. The van der Waals surface area contributed by atoms with E-state index in [0.29, 0.717) is 36.0 Å². The van der Waals surface area contributed by atoms with Crippen LogP contribution in [-0.4, -0.2) is 34.5 Å². The first-order chi connectivity index (χ1) is 21.6. The maximum atomic E-state index is 13.1. The van der Waals surface area contributed by atoms with Gasteiger partial charge in [-0.15, -0.1) is 0 Å². The summed E-state index contributed by atoms with van der Waals surface area (Å²) >= 11 is 0. The molecule has 0 aromatic rings. The summed E-state index contributed by atoms with van der Waals surface area (Å²) in [5.41, 5.74) is 1.13. The van der Waals surface area contributed by atoms with Crippen LogP contribution in [0.1, 0.15) is 171 Å². The molecular weight excluding hydrogens is 568 g/mol. The predicted molar refractivity (Wildman–Crippen MR) is 189 cm³/mol. The van der Waals surface area contributed by atoms with Crippen molar-refractivity contribution in [2.75, 3.05) is 0 Å². The second-order valence-electron chi connectivity index (χ2n) is 18.8. The van der Waals surface area contributed by atoms with Crippen molar-refractivity contribution >= 4 is 5.97 Å². The highest BCUT2D eigenvalue weighted by Crippen LogP contribution is 2.76. The molecule has 0 aromatic heterocycles. The van der Waals surface area contributed by atoms with E-state index in [-0.39, 0.29) is 33.7 Å². The van der Waals surface area contributed by atoms with Crippen molar-refractivity contribution in [2.45, 2.75) is 190 Å². The Labute approximate surface area is 283 Å². The van der Waals surface area contributed by atoms with E-state index in [4.69, 9.17) is 4.74 Å². The summed E-state index contributed by atoms with van der Waals surface area (Å²) in [5.74, 6) is 2.31. The van der Waals surface area contributed by atoms with Crippen LogP contribution in [0.5, 0.6) is 0 Å². The molecule has 0 spiro atoms. The minimum absolute atomic E-state index is 0.00414. The number of ether oxygens (including phenoxy) is 1. The van der Waals surface area contributed by atoms with Crippen LogP contribution in [0.25, 0.3) is 0 Å². The van der Waals surface area contributed by atoms with Gasteiger partial charge in [0.15, 0.2) is 0 Å². The van der Waals surface area contributed by atoms with E-state index in [1.165, 1.54) is 76.2 Å². The third kappa shape index (κ3) is 5.78. The molecule has 5 rings (SSSR count). The van der Waals surface area contributed by atoms with Crippen LogP contribution in [0.2, 0.25) is 0 Å². The molecule has 5 aliphatic carbocycles. The van der Waals surface area contributed by atoms with Gasteiger partial charge in [-0.2, -0.15) is 0 Å². The van der Waals surface area contributed by atoms with Gasteiger partial charge in [0.05, 0.1) is 12.2 Å². The van der Waals surface area contributed by atoms with E-state index in [9.17, 15) is 15.0 Å². The Balaban J connectivity index is 1.25. The van der Waals surface area contributed by atoms with Crippen LogP contribution in [0, 0.1) is 56.7 Å². The summed E-state index contributed by atoms with van der Waals surface area (Å²) in [7, 11) is 0. The average Bonchev–Trinajstić information content (AvgIpc) is 2.98. The Morgan fingerprint density at radius 3 is 2.11 bits per heavy atom. The summed E-state index contributed by atoms with van der Waals surface area (Å²) in [6.45, 7) is 21.5. The highest BCUT2D eigenvalue weighted by atomic mass is 16.5. The number of hydrogen-bond acceptors (Lipinski definition) is 4. The van der Waals surface area contributed by atoms with Gasteiger partial charge in [-0.25, -0.2) is 0 Å². The molecule has 12 atom stereocenters. The number of allylic oxidation sites excluding steroid dienone is 1. The number of aliphatic hydroxyl groups is 2. The Morgan fingerprint density at radius 2 is 1.46 bits per heavy atom. The standard InChI is InChI=1S/C42H72O4/c1-10-11-12-13-14-15-16-17-18-19-36(45)46-35-23-24-39(6)31(38(35,4)5)22-25-40(7)32(39)21-20-30-37-29(3)28(2)26-33(43)42(37,9)34(44)27-41(30,40)8/h26,29-35,37,43-44H,10-25,27H2,1-9H3. The van der Waals surface area contributed by atoms with Crippen molar-refractivity contribution in [1.82, 2.24) is 0 Å². The van der Waals surface area contributed by atoms with Crippen molar-refractivity contribution < 1.29 is 19.7 Å². The summed E-state index contributed by atoms with van der Waals surface area (Å²) in [6, 6.07) is 0. The fraction of sp³-hybridized carbons (Fsp3) is 0.929. The SMILES string of the molecule is CCCCCCCCCCCC(=O)OC1CCC2(C)C(CCC3(C)C2CCC2C4C(C)C(C)=CC(O)C4(C)C(O)CC23C)C1(C)C. The van der Waals surface area contributed by atoms with Gasteiger partial charge in [-0.05, 0) is 104 Å². The number of carbonyl (C=O) groups excluding carboxylic acids is 1. The van der Waals surface area contributed by atoms with Crippen LogP contribution in [0.15, 0.2) is 11.6 Å². The number of unbranched alkanes of at least 4 members (excludes halogenated alkanes) is 8. The summed E-state index contributed by atoms with van der Waals surface area (Å²) in [6.07, 6.45) is 20.5. The maximum absolute atomic E-state index is 13.1. The highest BCUT2D eigenvalue weighted by Gasteiger charge is 2.72. The van der Waals surface area contributed by atoms with Crippen molar-refractivity contribution in [1.29, 1.82) is 0 Å². The van der Waals surface area contributed by atoms with Gasteiger partial charge >= 0.3 is 5.97 Å². The number of rotatable bonds is 11. The molecule has 0 radical (unpaired) electrons. The first kappa shape index (κ1) is 36.4. The highest BCUT2D eigenvalue weighted by molar-refractivity contribution is 5.69. The molecule has 0 bridgehead atoms. The van der Waals surface area contributed by atoms with Crippen LogP contribution >= 0.6 is 0 Å². The fourth-order valence-corrected chi connectivity index (χ4v) is 13.3. The van der Waals surface area contributed by atoms with Gasteiger partial charge in [0.1, 0.15) is 6.10 Å². The molecule has 4 fully saturated rings. The van der Waals surface area contributed by atoms with E-state index in [2.05, 4.69) is 62.3 Å². The van der Waals surface area contributed by atoms with Crippen molar-refractivity contribution in [3.8, 4) is 0 Å². The predicted octanol–water partition coefficient (Wildman–Crippen LogP) is 10.4. The lowest BCUT2D eigenvalue weighted by Gasteiger charge is -2.74. The number of fused-ring (bicyclic) bond motifs is 7. The Hall–Kier alpha value is -0.870. The zero-order chi connectivity index (χ0) is 33.7. The number of aliphatic hydroxyl groups excluding tert-OH is 2. The fourth-order valence-electron chi connectivity index (χ4n) is 13.3. The minimum Gasteiger partial charge on any atom is -0.462 e. The Bertz CT molecular complexity index is 1110.